The first-order valence-electron chi connectivity index (χ1n) is 4.93. The van der Waals surface area contributed by atoms with Crippen molar-refractivity contribution in [1.82, 2.24) is 9.88 Å². The minimum Gasteiger partial charge on any atom is -0.471 e. The Kier molecular flexibility index (Phi) is 2.55. The molecule has 1 saturated heterocycles. The van der Waals surface area contributed by atoms with Crippen molar-refractivity contribution in [2.75, 3.05) is 18.8 Å². The predicted molar refractivity (Wildman–Crippen MR) is 57.4 cm³/mol. The molecule has 6 nitrogen and oxygen atoms in total. The quantitative estimate of drug-likeness (QED) is 0.770. The molecule has 16 heavy (non-hydrogen) atoms. The van der Waals surface area contributed by atoms with Crippen molar-refractivity contribution in [3.8, 4) is 5.88 Å². The number of hydrogen-bond acceptors (Lipinski definition) is 4. The lowest BCUT2D eigenvalue weighted by atomic mass is 10.2. The number of likely N-dealkylation sites (tertiary alicyclic amines) is 1. The van der Waals surface area contributed by atoms with Crippen LogP contribution in [0.4, 0.5) is 10.5 Å². The van der Waals surface area contributed by atoms with E-state index in [1.54, 1.807) is 6.07 Å². The van der Waals surface area contributed by atoms with Crippen molar-refractivity contribution >= 4 is 11.8 Å². The zero-order valence-corrected chi connectivity index (χ0v) is 8.88. The van der Waals surface area contributed by atoms with Gasteiger partial charge in [0, 0.05) is 6.07 Å². The Bertz CT molecular complexity index is 416. The fourth-order valence-corrected chi connectivity index (χ4v) is 1.44. The molecule has 2 rings (SSSR count). The fraction of sp³-hybridized carbons (Fsp3) is 0.400. The zero-order valence-electron chi connectivity index (χ0n) is 8.88. The zero-order chi connectivity index (χ0) is 11.7. The second-order valence-electron chi connectivity index (χ2n) is 3.81. The summed E-state index contributed by atoms with van der Waals surface area (Å²) in [7, 11) is 0. The first kappa shape index (κ1) is 10.5. The van der Waals surface area contributed by atoms with Crippen LogP contribution in [0.15, 0.2) is 12.3 Å². The number of nitrogens with zero attached hydrogens (tertiary/aromatic N) is 2. The summed E-state index contributed by atoms with van der Waals surface area (Å²) < 4.78 is 5.49. The Labute approximate surface area is 92.6 Å². The van der Waals surface area contributed by atoms with Crippen molar-refractivity contribution in [3.63, 3.8) is 0 Å². The highest BCUT2D eigenvalue weighted by Crippen LogP contribution is 2.19. The molecule has 1 aromatic rings. The number of anilines is 1. The highest BCUT2D eigenvalue weighted by atomic mass is 16.5. The Hall–Kier alpha value is -1.98. The van der Waals surface area contributed by atoms with E-state index in [0.29, 0.717) is 24.7 Å². The Morgan fingerprint density at radius 1 is 1.69 bits per heavy atom. The highest BCUT2D eigenvalue weighted by molar-refractivity contribution is 5.66. The maximum Gasteiger partial charge on any atom is 0.407 e. The molecule has 1 aliphatic heterocycles. The summed E-state index contributed by atoms with van der Waals surface area (Å²) in [5.41, 5.74) is 7.14. The molecule has 1 fully saturated rings. The second kappa shape index (κ2) is 3.88. The van der Waals surface area contributed by atoms with Crippen LogP contribution in [0, 0.1) is 6.92 Å². The van der Waals surface area contributed by atoms with Gasteiger partial charge in [-0.3, -0.25) is 0 Å². The lowest BCUT2D eigenvalue weighted by molar-refractivity contribution is 0.0227. The van der Waals surface area contributed by atoms with Gasteiger partial charge in [0.1, 0.15) is 6.10 Å². The molecule has 0 atom stereocenters. The summed E-state index contributed by atoms with van der Waals surface area (Å²) in [6.07, 6.45) is 0.520. The van der Waals surface area contributed by atoms with Gasteiger partial charge in [0.25, 0.3) is 0 Å². The third-order valence-electron chi connectivity index (χ3n) is 2.53. The lowest BCUT2D eigenvalue weighted by Gasteiger charge is -2.36. The van der Waals surface area contributed by atoms with E-state index >= 15 is 0 Å². The minimum atomic E-state index is -0.915. The summed E-state index contributed by atoms with van der Waals surface area (Å²) in [5, 5.41) is 8.64. The Balaban J connectivity index is 1.91. The monoisotopic (exact) mass is 223 g/mol. The fourth-order valence-electron chi connectivity index (χ4n) is 1.44. The van der Waals surface area contributed by atoms with Crippen LogP contribution in [0.5, 0.6) is 5.88 Å². The van der Waals surface area contributed by atoms with Crippen molar-refractivity contribution in [1.29, 1.82) is 0 Å². The van der Waals surface area contributed by atoms with Gasteiger partial charge in [-0.1, -0.05) is 0 Å². The van der Waals surface area contributed by atoms with Crippen LogP contribution in [-0.2, 0) is 0 Å². The van der Waals surface area contributed by atoms with Gasteiger partial charge in [-0.15, -0.1) is 0 Å². The topological polar surface area (TPSA) is 88.7 Å². The summed E-state index contributed by atoms with van der Waals surface area (Å²) >= 11 is 0. The molecule has 86 valence electrons. The van der Waals surface area contributed by atoms with Gasteiger partial charge >= 0.3 is 6.09 Å². The molecule has 1 aliphatic rings. The van der Waals surface area contributed by atoms with E-state index in [1.165, 1.54) is 11.1 Å². The number of nitrogens with two attached hydrogens (primary N) is 1. The second-order valence-corrected chi connectivity index (χ2v) is 3.81. The van der Waals surface area contributed by atoms with Gasteiger partial charge in [-0.25, -0.2) is 9.78 Å². The number of hydrogen-bond donors (Lipinski definition) is 2. The molecule has 0 radical (unpaired) electrons. The van der Waals surface area contributed by atoms with Crippen molar-refractivity contribution in [2.45, 2.75) is 13.0 Å². The number of pyridine rings is 1. The van der Waals surface area contributed by atoms with Crippen molar-refractivity contribution < 1.29 is 14.6 Å². The standard InChI is InChI=1S/C10H13N3O3/c1-6-2-9(12-3-8(6)11)16-7-4-13(5-7)10(14)15/h2-3,7H,4-5,11H2,1H3,(H,14,15). The molecular weight excluding hydrogens is 210 g/mol. The van der Waals surface area contributed by atoms with E-state index in [4.69, 9.17) is 15.6 Å². The van der Waals surface area contributed by atoms with E-state index in [1.807, 2.05) is 6.92 Å². The van der Waals surface area contributed by atoms with E-state index in [0.717, 1.165) is 5.56 Å². The van der Waals surface area contributed by atoms with Crippen LogP contribution in [0.3, 0.4) is 0 Å². The molecule has 0 aliphatic carbocycles. The molecular formula is C10H13N3O3. The third kappa shape index (κ3) is 2.00. The van der Waals surface area contributed by atoms with Gasteiger partial charge < -0.3 is 20.5 Å². The number of nitrogen functional groups attached to an aromatic ring is 1. The maximum absolute atomic E-state index is 10.5. The molecule has 0 unspecified atom stereocenters. The van der Waals surface area contributed by atoms with Gasteiger partial charge in [0.05, 0.1) is 25.0 Å². The number of ether oxygens (including phenoxy) is 1. The molecule has 1 amide bonds. The van der Waals surface area contributed by atoms with Crippen molar-refractivity contribution in [2.24, 2.45) is 0 Å². The average molecular weight is 223 g/mol. The number of aryl methyl sites for hydroxylation is 1. The molecule has 0 saturated carbocycles. The van der Waals surface area contributed by atoms with Gasteiger partial charge in [-0.05, 0) is 12.5 Å². The van der Waals surface area contributed by atoms with Gasteiger partial charge in [0.2, 0.25) is 5.88 Å². The Morgan fingerprint density at radius 2 is 2.38 bits per heavy atom. The molecule has 1 aromatic heterocycles. The highest BCUT2D eigenvalue weighted by Gasteiger charge is 2.32. The lowest BCUT2D eigenvalue weighted by Crippen LogP contribution is -2.55. The Morgan fingerprint density at radius 3 is 2.94 bits per heavy atom. The van der Waals surface area contributed by atoms with Crippen LogP contribution in [0.25, 0.3) is 0 Å². The average Bonchev–Trinajstić information content (AvgIpc) is 2.15. The summed E-state index contributed by atoms with van der Waals surface area (Å²) in [6.45, 7) is 2.65. The van der Waals surface area contributed by atoms with E-state index in [-0.39, 0.29) is 6.10 Å². The number of carbonyl (C=O) groups is 1. The SMILES string of the molecule is Cc1cc(OC2CN(C(=O)O)C2)ncc1N. The first-order valence-corrected chi connectivity index (χ1v) is 4.93. The minimum absolute atomic E-state index is 0.105. The molecule has 0 spiro atoms. The van der Waals surface area contributed by atoms with Crippen LogP contribution in [-0.4, -0.2) is 40.3 Å². The van der Waals surface area contributed by atoms with Crippen LogP contribution in [0.1, 0.15) is 5.56 Å². The van der Waals surface area contributed by atoms with Crippen LogP contribution >= 0.6 is 0 Å². The first-order chi connectivity index (χ1) is 7.56. The molecule has 3 N–H and O–H groups in total. The normalized spacial score (nSPS) is 15.7. The smallest absolute Gasteiger partial charge is 0.407 e. The molecule has 0 aromatic carbocycles. The third-order valence-corrected chi connectivity index (χ3v) is 2.53. The van der Waals surface area contributed by atoms with Gasteiger partial charge in [0.15, 0.2) is 0 Å². The molecule has 0 bridgehead atoms. The summed E-state index contributed by atoms with van der Waals surface area (Å²) in [5.74, 6) is 0.488. The van der Waals surface area contributed by atoms with Crippen molar-refractivity contribution in [3.05, 3.63) is 17.8 Å². The number of amides is 1. The van der Waals surface area contributed by atoms with Crippen LogP contribution in [0.2, 0.25) is 0 Å². The number of aromatic nitrogens is 1. The summed E-state index contributed by atoms with van der Waals surface area (Å²) in [4.78, 5) is 15.8. The molecule has 2 heterocycles. The summed E-state index contributed by atoms with van der Waals surface area (Å²) in [6, 6.07) is 1.75. The maximum atomic E-state index is 10.5. The molecule has 6 heteroatoms. The number of rotatable bonds is 2. The number of carboxylic acid groups (broad SMARTS) is 1. The largest absolute Gasteiger partial charge is 0.471 e. The van der Waals surface area contributed by atoms with E-state index in [9.17, 15) is 4.79 Å². The van der Waals surface area contributed by atoms with Crippen LogP contribution < -0.4 is 10.5 Å². The predicted octanol–water partition coefficient (Wildman–Crippen LogP) is 0.713. The van der Waals surface area contributed by atoms with E-state index in [2.05, 4.69) is 4.98 Å². The van der Waals surface area contributed by atoms with E-state index < -0.39 is 6.09 Å². The van der Waals surface area contributed by atoms with Gasteiger partial charge in [-0.2, -0.15) is 0 Å².